The quantitative estimate of drug-likeness (QED) is 0.401. The molecule has 2 rings (SSSR count). The minimum absolute atomic E-state index is 0.0585. The molecular weight excluding hydrogens is 298 g/mol. The van der Waals surface area contributed by atoms with Crippen LogP contribution < -0.4 is 0 Å². The lowest BCUT2D eigenvalue weighted by Gasteiger charge is -2.37. The fraction of sp³-hybridized carbons (Fsp3) is 0.667. The molecule has 3 heteroatoms. The zero-order valence-electron chi connectivity index (χ0n) is 15.7. The molecule has 1 aromatic carbocycles. The fourth-order valence-electron chi connectivity index (χ4n) is 3.80. The molecule has 0 aliphatic carbocycles. The Bertz CT molecular complexity index is 494. The molecule has 134 valence electrons. The summed E-state index contributed by atoms with van der Waals surface area (Å²) in [4.78, 5) is 12.6. The highest BCUT2D eigenvalue weighted by Gasteiger charge is 2.28. The van der Waals surface area contributed by atoms with Crippen LogP contribution in [0.1, 0.15) is 57.4 Å². The predicted molar refractivity (Wildman–Crippen MR) is 98.9 cm³/mol. The van der Waals surface area contributed by atoms with Gasteiger partial charge in [0.2, 0.25) is 0 Å². The smallest absolute Gasteiger partial charge is 0.313 e. The van der Waals surface area contributed by atoms with Gasteiger partial charge in [0, 0.05) is 6.42 Å². The molecule has 1 saturated heterocycles. The Labute approximate surface area is 147 Å². The number of hydrogen-bond donors (Lipinski definition) is 0. The van der Waals surface area contributed by atoms with Gasteiger partial charge in [-0.15, -0.1) is 0 Å². The maximum Gasteiger partial charge on any atom is 0.313 e. The molecule has 3 nitrogen and oxygen atoms in total. The second-order valence-electron chi connectivity index (χ2n) is 7.65. The van der Waals surface area contributed by atoms with Crippen molar-refractivity contribution in [1.82, 2.24) is 0 Å². The fourth-order valence-corrected chi connectivity index (χ4v) is 3.80. The molecule has 1 aliphatic rings. The van der Waals surface area contributed by atoms with Crippen LogP contribution in [0.25, 0.3) is 0 Å². The molecule has 0 spiro atoms. The molecular formula is C21H34NO2+. The van der Waals surface area contributed by atoms with E-state index in [9.17, 15) is 4.79 Å². The van der Waals surface area contributed by atoms with Gasteiger partial charge in [0.05, 0.1) is 39.2 Å². The van der Waals surface area contributed by atoms with Crippen LogP contribution in [-0.4, -0.2) is 43.7 Å². The van der Waals surface area contributed by atoms with Gasteiger partial charge in [-0.2, -0.15) is 0 Å². The monoisotopic (exact) mass is 332 g/mol. The van der Waals surface area contributed by atoms with E-state index in [-0.39, 0.29) is 11.9 Å². The van der Waals surface area contributed by atoms with E-state index in [0.29, 0.717) is 12.5 Å². The van der Waals surface area contributed by atoms with Gasteiger partial charge in [-0.25, -0.2) is 0 Å². The molecule has 0 N–H and O–H groups in total. The van der Waals surface area contributed by atoms with Crippen molar-refractivity contribution in [2.45, 2.75) is 51.9 Å². The third-order valence-electron chi connectivity index (χ3n) is 5.61. The number of ether oxygens (including phenoxy) is 1. The lowest BCUT2D eigenvalue weighted by Crippen LogP contribution is -2.48. The second-order valence-corrected chi connectivity index (χ2v) is 7.65. The van der Waals surface area contributed by atoms with Crippen LogP contribution in [0.4, 0.5) is 0 Å². The molecule has 24 heavy (non-hydrogen) atoms. The average Bonchev–Trinajstić information content (AvgIpc) is 2.60. The van der Waals surface area contributed by atoms with Crippen molar-refractivity contribution in [3.8, 4) is 0 Å². The number of esters is 1. The van der Waals surface area contributed by atoms with E-state index in [1.165, 1.54) is 32.4 Å². The van der Waals surface area contributed by atoms with Crippen LogP contribution in [0.5, 0.6) is 0 Å². The lowest BCUT2D eigenvalue weighted by atomic mass is 9.86. The average molecular weight is 333 g/mol. The third kappa shape index (κ3) is 5.34. The number of quaternary nitrogens is 1. The van der Waals surface area contributed by atoms with Crippen molar-refractivity contribution < 1.29 is 14.0 Å². The zero-order valence-corrected chi connectivity index (χ0v) is 15.7. The minimum atomic E-state index is -0.143. The van der Waals surface area contributed by atoms with Crippen molar-refractivity contribution >= 4 is 5.97 Å². The molecule has 0 saturated carbocycles. The Morgan fingerprint density at radius 1 is 1.17 bits per heavy atom. The number of benzene rings is 1. The summed E-state index contributed by atoms with van der Waals surface area (Å²) < 4.78 is 6.81. The van der Waals surface area contributed by atoms with Crippen LogP contribution in [0.3, 0.4) is 0 Å². The summed E-state index contributed by atoms with van der Waals surface area (Å²) in [6.07, 6.45) is 5.98. The molecule has 1 aromatic rings. The van der Waals surface area contributed by atoms with E-state index < -0.39 is 0 Å². The number of carbonyl (C=O) groups excluding carboxylic acids is 1. The molecule has 0 amide bonds. The van der Waals surface area contributed by atoms with Crippen molar-refractivity contribution in [1.29, 1.82) is 0 Å². The summed E-state index contributed by atoms with van der Waals surface area (Å²) in [7, 11) is 2.34. The molecule has 0 bridgehead atoms. The maximum atomic E-state index is 12.6. The molecule has 1 fully saturated rings. The van der Waals surface area contributed by atoms with Gasteiger partial charge in [0.15, 0.2) is 0 Å². The topological polar surface area (TPSA) is 26.3 Å². The molecule has 0 radical (unpaired) electrons. The van der Waals surface area contributed by atoms with Crippen molar-refractivity contribution in [3.05, 3.63) is 35.9 Å². The van der Waals surface area contributed by atoms with Gasteiger partial charge >= 0.3 is 5.97 Å². The molecule has 0 aromatic heterocycles. The summed E-state index contributed by atoms with van der Waals surface area (Å²) in [6, 6.07) is 10.1. The van der Waals surface area contributed by atoms with Gasteiger partial charge in [0.25, 0.3) is 0 Å². The third-order valence-corrected chi connectivity index (χ3v) is 5.61. The summed E-state index contributed by atoms with van der Waals surface area (Å²) in [5, 5.41) is 0. The van der Waals surface area contributed by atoms with E-state index in [4.69, 9.17) is 4.74 Å². The van der Waals surface area contributed by atoms with E-state index in [2.05, 4.69) is 20.9 Å². The molecule has 2 atom stereocenters. The SMILES string of the molecule is CC[C@H](C)[C@@H](C(=O)OCCC[N+]1(C)CCCCC1)c1ccccc1. The van der Waals surface area contributed by atoms with E-state index in [1.807, 2.05) is 30.3 Å². The first-order valence-electron chi connectivity index (χ1n) is 9.61. The number of carbonyl (C=O) groups is 1. The minimum Gasteiger partial charge on any atom is -0.465 e. The molecule has 1 aliphatic heterocycles. The Balaban J connectivity index is 1.84. The van der Waals surface area contributed by atoms with Crippen molar-refractivity contribution in [2.24, 2.45) is 5.92 Å². The summed E-state index contributed by atoms with van der Waals surface area (Å²) in [6.45, 7) is 8.48. The number of piperidine rings is 1. The number of rotatable bonds is 8. The van der Waals surface area contributed by atoms with Gasteiger partial charge in [-0.1, -0.05) is 50.6 Å². The summed E-state index contributed by atoms with van der Waals surface area (Å²) in [5.74, 6) is 0.0966. The zero-order chi connectivity index (χ0) is 17.4. The standard InChI is InChI=1S/C21H34NO2/c1-4-18(2)20(19-12-7-5-8-13-19)21(23)24-17-11-16-22(3)14-9-6-10-15-22/h5,7-8,12-13,18,20H,4,6,9-11,14-17H2,1-3H3/q+1/t18-,20+/m0/s1. The van der Waals surface area contributed by atoms with Gasteiger partial charge in [-0.3, -0.25) is 4.79 Å². The first kappa shape index (κ1) is 19.0. The Morgan fingerprint density at radius 2 is 1.83 bits per heavy atom. The van der Waals surface area contributed by atoms with Crippen LogP contribution >= 0.6 is 0 Å². The first-order valence-corrected chi connectivity index (χ1v) is 9.61. The Morgan fingerprint density at radius 3 is 2.46 bits per heavy atom. The highest BCUT2D eigenvalue weighted by molar-refractivity contribution is 5.78. The van der Waals surface area contributed by atoms with E-state index in [0.717, 1.165) is 29.4 Å². The van der Waals surface area contributed by atoms with Gasteiger partial charge in [-0.05, 0) is 30.7 Å². The van der Waals surface area contributed by atoms with E-state index >= 15 is 0 Å². The Kier molecular flexibility index (Phi) is 7.29. The first-order chi connectivity index (χ1) is 11.6. The largest absolute Gasteiger partial charge is 0.465 e. The normalized spacial score (nSPS) is 19.5. The summed E-state index contributed by atoms with van der Waals surface area (Å²) >= 11 is 0. The lowest BCUT2D eigenvalue weighted by molar-refractivity contribution is -0.914. The van der Waals surface area contributed by atoms with Crippen molar-refractivity contribution in [3.63, 3.8) is 0 Å². The molecule has 1 heterocycles. The van der Waals surface area contributed by atoms with Crippen LogP contribution in [0, 0.1) is 5.92 Å². The van der Waals surface area contributed by atoms with E-state index in [1.54, 1.807) is 0 Å². The van der Waals surface area contributed by atoms with Crippen LogP contribution in [0.15, 0.2) is 30.3 Å². The predicted octanol–water partition coefficient (Wildman–Crippen LogP) is 4.38. The van der Waals surface area contributed by atoms with Crippen LogP contribution in [-0.2, 0) is 9.53 Å². The number of nitrogens with zero attached hydrogens (tertiary/aromatic N) is 1. The van der Waals surface area contributed by atoms with Gasteiger partial charge in [0.1, 0.15) is 0 Å². The van der Waals surface area contributed by atoms with Crippen LogP contribution in [0.2, 0.25) is 0 Å². The number of hydrogen-bond acceptors (Lipinski definition) is 2. The van der Waals surface area contributed by atoms with Gasteiger partial charge < -0.3 is 9.22 Å². The second kappa shape index (κ2) is 9.22. The summed E-state index contributed by atoms with van der Waals surface area (Å²) in [5.41, 5.74) is 1.08. The maximum absolute atomic E-state index is 12.6. The Hall–Kier alpha value is -1.35. The molecule has 0 unspecified atom stereocenters. The highest BCUT2D eigenvalue weighted by atomic mass is 16.5. The van der Waals surface area contributed by atoms with Crippen molar-refractivity contribution in [2.75, 3.05) is 33.3 Å². The number of likely N-dealkylation sites (tertiary alicyclic amines) is 1. The highest BCUT2D eigenvalue weighted by Crippen LogP contribution is 2.28.